The van der Waals surface area contributed by atoms with E-state index in [0.29, 0.717) is 0 Å². The van der Waals surface area contributed by atoms with Gasteiger partial charge in [-0.1, -0.05) is 38.3 Å². The summed E-state index contributed by atoms with van der Waals surface area (Å²) in [5.74, 6) is 5.06. The summed E-state index contributed by atoms with van der Waals surface area (Å²) >= 11 is 3.95. The molecule has 2 nitrogen and oxygen atoms in total. The first-order valence-corrected chi connectivity index (χ1v) is 12.2. The maximum Gasteiger partial charge on any atom is 0.128 e. The fourth-order valence-corrected chi connectivity index (χ4v) is 5.65. The predicted molar refractivity (Wildman–Crippen MR) is 125 cm³/mol. The van der Waals surface area contributed by atoms with Crippen LogP contribution in [0.4, 0.5) is 0 Å². The smallest absolute Gasteiger partial charge is 0.128 e. The van der Waals surface area contributed by atoms with E-state index in [2.05, 4.69) is 32.0 Å². The monoisotopic (exact) mass is 414 g/mol. The molecule has 0 N–H and O–H groups in total. The first-order chi connectivity index (χ1) is 13.8. The summed E-state index contributed by atoms with van der Waals surface area (Å²) in [6, 6.07) is 16.3. The quantitative estimate of drug-likeness (QED) is 0.387. The zero-order valence-electron chi connectivity index (χ0n) is 16.9. The molecule has 4 heteroatoms. The van der Waals surface area contributed by atoms with Gasteiger partial charge in [-0.25, -0.2) is 0 Å². The van der Waals surface area contributed by atoms with Crippen molar-refractivity contribution < 1.29 is 9.47 Å². The molecule has 0 bridgehead atoms. The van der Waals surface area contributed by atoms with E-state index in [1.54, 1.807) is 0 Å². The minimum absolute atomic E-state index is 0.784. The van der Waals surface area contributed by atoms with Crippen molar-refractivity contribution in [3.8, 4) is 17.2 Å². The molecule has 3 rings (SSSR count). The molecule has 2 aromatic rings. The Balaban J connectivity index is 1.58. The number of unbranched alkanes of at least 4 members (excludes halogenated alkanes) is 3. The van der Waals surface area contributed by atoms with Crippen molar-refractivity contribution in [1.29, 1.82) is 0 Å². The number of hydrogen-bond acceptors (Lipinski definition) is 4. The molecule has 1 aliphatic rings. The van der Waals surface area contributed by atoms with Crippen LogP contribution in [0.1, 0.15) is 51.5 Å². The summed E-state index contributed by atoms with van der Waals surface area (Å²) < 4.78 is 13.3. The van der Waals surface area contributed by atoms with Gasteiger partial charge in [0.1, 0.15) is 17.2 Å². The van der Waals surface area contributed by atoms with Gasteiger partial charge in [0.2, 0.25) is 0 Å². The predicted octanol–water partition coefficient (Wildman–Crippen LogP) is 8.00. The third kappa shape index (κ3) is 6.52. The summed E-state index contributed by atoms with van der Waals surface area (Å²) in [4.78, 5) is 0. The number of benzene rings is 2. The largest absolute Gasteiger partial charge is 0.494 e. The zero-order valence-corrected chi connectivity index (χ0v) is 18.5. The lowest BCUT2D eigenvalue weighted by atomic mass is 10.1. The number of allylic oxidation sites excluding steroid dienone is 1. The average molecular weight is 415 g/mol. The second kappa shape index (κ2) is 11.5. The normalized spacial score (nSPS) is 14.0. The Bertz CT molecular complexity index is 760. The number of hydrogen-bond donors (Lipinski definition) is 0. The van der Waals surface area contributed by atoms with Crippen LogP contribution in [0.5, 0.6) is 17.2 Å². The van der Waals surface area contributed by atoms with Crippen LogP contribution in [-0.4, -0.2) is 18.1 Å². The van der Waals surface area contributed by atoms with Gasteiger partial charge in [0, 0.05) is 4.24 Å². The molecule has 0 radical (unpaired) electrons. The van der Waals surface area contributed by atoms with Crippen LogP contribution in [0.25, 0.3) is 5.57 Å². The Morgan fingerprint density at radius 3 is 2.39 bits per heavy atom. The van der Waals surface area contributed by atoms with Crippen molar-refractivity contribution >= 4 is 29.1 Å². The van der Waals surface area contributed by atoms with Gasteiger partial charge in [-0.2, -0.15) is 0 Å². The van der Waals surface area contributed by atoms with Crippen molar-refractivity contribution in [3.05, 3.63) is 58.3 Å². The number of thioether (sulfide) groups is 2. The molecule has 0 amide bonds. The third-order valence-electron chi connectivity index (χ3n) is 4.65. The Hall–Kier alpha value is -1.52. The summed E-state index contributed by atoms with van der Waals surface area (Å²) in [6.07, 6.45) is 6.18. The molecule has 0 saturated carbocycles. The van der Waals surface area contributed by atoms with Crippen LogP contribution < -0.4 is 9.47 Å². The van der Waals surface area contributed by atoms with Crippen LogP contribution in [-0.2, 0) is 0 Å². The van der Waals surface area contributed by atoms with E-state index in [1.165, 1.54) is 52.6 Å². The maximum absolute atomic E-state index is 6.08. The molecular weight excluding hydrogens is 384 g/mol. The number of rotatable bonds is 9. The molecule has 1 fully saturated rings. The van der Waals surface area contributed by atoms with Crippen molar-refractivity contribution in [2.75, 3.05) is 18.1 Å². The average Bonchev–Trinajstić information content (AvgIpc) is 2.75. The molecule has 1 saturated heterocycles. The molecule has 0 unspecified atom stereocenters. The highest BCUT2D eigenvalue weighted by Crippen LogP contribution is 2.40. The highest BCUT2D eigenvalue weighted by molar-refractivity contribution is 8.23. The van der Waals surface area contributed by atoms with Gasteiger partial charge in [-0.05, 0) is 78.8 Å². The van der Waals surface area contributed by atoms with E-state index < -0.39 is 0 Å². The fourth-order valence-electron chi connectivity index (χ4n) is 3.02. The maximum atomic E-state index is 6.08. The van der Waals surface area contributed by atoms with Gasteiger partial charge in [0.25, 0.3) is 0 Å². The lowest BCUT2D eigenvalue weighted by molar-refractivity contribution is 0.304. The van der Waals surface area contributed by atoms with Crippen LogP contribution in [0.2, 0.25) is 0 Å². The lowest BCUT2D eigenvalue weighted by Gasteiger charge is -2.16. The van der Waals surface area contributed by atoms with Crippen molar-refractivity contribution in [2.24, 2.45) is 0 Å². The second-order valence-electron chi connectivity index (χ2n) is 6.97. The minimum atomic E-state index is 0.784. The summed E-state index contributed by atoms with van der Waals surface area (Å²) in [5, 5.41) is 0. The standard InChI is InChI=1S/C24H30O2S2/c1-3-4-5-6-15-25-21-11-13-22(14-12-21)26-23-10-7-9-20(18-23)19(2)24-27-16-8-17-28-24/h7,9-14,18H,3-6,8,15-17H2,1-2H3. The summed E-state index contributed by atoms with van der Waals surface area (Å²) in [6.45, 7) is 5.22. The van der Waals surface area contributed by atoms with Crippen molar-refractivity contribution in [1.82, 2.24) is 0 Å². The van der Waals surface area contributed by atoms with Gasteiger partial charge in [-0.15, -0.1) is 23.5 Å². The van der Waals surface area contributed by atoms with Crippen LogP contribution in [0.3, 0.4) is 0 Å². The van der Waals surface area contributed by atoms with E-state index in [4.69, 9.17) is 9.47 Å². The molecule has 0 aliphatic carbocycles. The molecule has 1 aliphatic heterocycles. The first-order valence-electron chi connectivity index (χ1n) is 10.2. The van der Waals surface area contributed by atoms with E-state index >= 15 is 0 Å². The lowest BCUT2D eigenvalue weighted by Crippen LogP contribution is -1.97. The van der Waals surface area contributed by atoms with E-state index in [1.807, 2.05) is 53.9 Å². The molecule has 0 atom stereocenters. The Labute approximate surface area is 178 Å². The van der Waals surface area contributed by atoms with Gasteiger partial charge in [-0.3, -0.25) is 0 Å². The van der Waals surface area contributed by atoms with E-state index in [9.17, 15) is 0 Å². The zero-order chi connectivity index (χ0) is 19.6. The molecule has 0 spiro atoms. The van der Waals surface area contributed by atoms with Crippen molar-refractivity contribution in [2.45, 2.75) is 46.0 Å². The number of ether oxygens (including phenoxy) is 2. The van der Waals surface area contributed by atoms with Crippen LogP contribution in [0, 0.1) is 0 Å². The van der Waals surface area contributed by atoms with Gasteiger partial charge in [0.15, 0.2) is 0 Å². The van der Waals surface area contributed by atoms with Gasteiger partial charge >= 0.3 is 0 Å². The molecule has 2 aromatic carbocycles. The summed E-state index contributed by atoms with van der Waals surface area (Å²) in [5.41, 5.74) is 2.59. The Morgan fingerprint density at radius 2 is 1.64 bits per heavy atom. The highest BCUT2D eigenvalue weighted by atomic mass is 32.2. The highest BCUT2D eigenvalue weighted by Gasteiger charge is 2.12. The third-order valence-corrected chi connectivity index (χ3v) is 7.48. The van der Waals surface area contributed by atoms with E-state index in [-0.39, 0.29) is 0 Å². The molecular formula is C24H30O2S2. The Kier molecular flexibility index (Phi) is 8.69. The first kappa shape index (κ1) is 21.2. The van der Waals surface area contributed by atoms with Gasteiger partial charge in [0.05, 0.1) is 6.61 Å². The molecule has 0 aromatic heterocycles. The van der Waals surface area contributed by atoms with Gasteiger partial charge < -0.3 is 9.47 Å². The SMILES string of the molecule is CCCCCCOc1ccc(Oc2cccc(C(C)=C3SCCCS3)c2)cc1. The van der Waals surface area contributed by atoms with Crippen molar-refractivity contribution in [3.63, 3.8) is 0 Å². The second-order valence-corrected chi connectivity index (χ2v) is 9.44. The topological polar surface area (TPSA) is 18.5 Å². The minimum Gasteiger partial charge on any atom is -0.494 e. The molecule has 150 valence electrons. The van der Waals surface area contributed by atoms with Crippen LogP contribution >= 0.6 is 23.5 Å². The summed E-state index contributed by atoms with van der Waals surface area (Å²) in [7, 11) is 0. The Morgan fingerprint density at radius 1 is 0.893 bits per heavy atom. The molecule has 1 heterocycles. The van der Waals surface area contributed by atoms with E-state index in [0.717, 1.165) is 30.3 Å². The molecule has 28 heavy (non-hydrogen) atoms. The fraction of sp³-hybridized carbons (Fsp3) is 0.417. The van der Waals surface area contributed by atoms with Crippen LogP contribution in [0.15, 0.2) is 52.8 Å².